The van der Waals surface area contributed by atoms with E-state index in [4.69, 9.17) is 23.2 Å². The van der Waals surface area contributed by atoms with Gasteiger partial charge in [0.05, 0.1) is 17.6 Å². The minimum atomic E-state index is -0.416. The number of Topliss-reactive ketones (excluding diaryl/α,β-unsaturated/α-hetero) is 1. The molecule has 154 valence electrons. The van der Waals surface area contributed by atoms with Crippen molar-refractivity contribution in [2.45, 2.75) is 12.8 Å². The van der Waals surface area contributed by atoms with Crippen molar-refractivity contribution in [1.29, 1.82) is 0 Å². The number of carbonyl (C=O) groups is 1. The average Bonchev–Trinajstić information content (AvgIpc) is 2.77. The molecular weight excluding hydrogens is 428 g/mol. The molecule has 1 aromatic heterocycles. The first-order valence-corrected chi connectivity index (χ1v) is 10.3. The smallest absolute Gasteiger partial charge is 0.292 e. The quantitative estimate of drug-likeness (QED) is 0.542. The van der Waals surface area contributed by atoms with Gasteiger partial charge in [0.15, 0.2) is 5.78 Å². The summed E-state index contributed by atoms with van der Waals surface area (Å²) in [7, 11) is 0. The van der Waals surface area contributed by atoms with Crippen LogP contribution in [0.1, 0.15) is 23.2 Å². The predicted octanol–water partition coefficient (Wildman–Crippen LogP) is 4.78. The summed E-state index contributed by atoms with van der Waals surface area (Å²) in [5.74, 6) is -0.498. The maximum atomic E-state index is 13.1. The molecular formula is C22H18Cl2FN3O2. The van der Waals surface area contributed by atoms with Gasteiger partial charge in [0.2, 0.25) is 0 Å². The van der Waals surface area contributed by atoms with Crippen LogP contribution in [0.5, 0.6) is 0 Å². The van der Waals surface area contributed by atoms with Gasteiger partial charge in [-0.1, -0.05) is 23.2 Å². The van der Waals surface area contributed by atoms with Crippen molar-refractivity contribution in [1.82, 2.24) is 9.78 Å². The van der Waals surface area contributed by atoms with Crippen molar-refractivity contribution >= 4 is 34.7 Å². The zero-order chi connectivity index (χ0) is 21.3. The van der Waals surface area contributed by atoms with Crippen molar-refractivity contribution < 1.29 is 9.18 Å². The Kier molecular flexibility index (Phi) is 5.88. The molecule has 5 nitrogen and oxygen atoms in total. The van der Waals surface area contributed by atoms with Crippen molar-refractivity contribution in [3.05, 3.63) is 86.5 Å². The van der Waals surface area contributed by atoms with Gasteiger partial charge in [0.1, 0.15) is 10.8 Å². The molecule has 3 aromatic rings. The fourth-order valence-electron chi connectivity index (χ4n) is 3.64. The van der Waals surface area contributed by atoms with E-state index in [1.54, 1.807) is 30.5 Å². The number of hydrogen-bond donors (Lipinski definition) is 0. The minimum Gasteiger partial charge on any atom is -0.369 e. The third-order valence-corrected chi connectivity index (χ3v) is 5.91. The number of aromatic nitrogens is 2. The predicted molar refractivity (Wildman–Crippen MR) is 116 cm³/mol. The molecule has 2 aromatic carbocycles. The van der Waals surface area contributed by atoms with E-state index in [1.165, 1.54) is 28.9 Å². The van der Waals surface area contributed by atoms with Gasteiger partial charge >= 0.3 is 0 Å². The summed E-state index contributed by atoms with van der Waals surface area (Å²) < 4.78 is 14.3. The van der Waals surface area contributed by atoms with Crippen molar-refractivity contribution in [2.24, 2.45) is 5.92 Å². The standard InChI is InChI=1S/C22H18Cl2FN3O2/c23-16-3-7-18(8-4-16)28-22(30)20(24)19(13-26-28)27-11-9-15(10-12-27)21(29)14-1-5-17(25)6-2-14/h1-8,13,15H,9-12H2. The Morgan fingerprint density at radius 2 is 1.63 bits per heavy atom. The third-order valence-electron chi connectivity index (χ3n) is 5.31. The SMILES string of the molecule is O=C(c1ccc(F)cc1)C1CCN(c2cnn(-c3ccc(Cl)cc3)c(=O)c2Cl)CC1. The van der Waals surface area contributed by atoms with Crippen LogP contribution in [0.3, 0.4) is 0 Å². The van der Waals surface area contributed by atoms with Crippen LogP contribution >= 0.6 is 23.2 Å². The molecule has 1 saturated heterocycles. The van der Waals surface area contributed by atoms with Gasteiger partial charge in [0.25, 0.3) is 5.56 Å². The van der Waals surface area contributed by atoms with Crippen LogP contribution in [-0.4, -0.2) is 28.7 Å². The first kappa shape index (κ1) is 20.6. The van der Waals surface area contributed by atoms with Gasteiger partial charge in [-0.3, -0.25) is 9.59 Å². The largest absolute Gasteiger partial charge is 0.369 e. The first-order valence-electron chi connectivity index (χ1n) is 9.52. The van der Waals surface area contributed by atoms with Crippen LogP contribution in [0.4, 0.5) is 10.1 Å². The second kappa shape index (κ2) is 8.58. The van der Waals surface area contributed by atoms with E-state index in [-0.39, 0.29) is 22.5 Å². The summed E-state index contributed by atoms with van der Waals surface area (Å²) in [6.45, 7) is 1.15. The van der Waals surface area contributed by atoms with E-state index in [0.29, 0.717) is 47.9 Å². The number of halogens is 3. The number of ketones is 1. The summed E-state index contributed by atoms with van der Waals surface area (Å²) in [5, 5.41) is 4.91. The lowest BCUT2D eigenvalue weighted by Crippen LogP contribution is -2.38. The molecule has 0 saturated carbocycles. The summed E-state index contributed by atoms with van der Waals surface area (Å²) >= 11 is 12.3. The number of carbonyl (C=O) groups excluding carboxylic acids is 1. The second-order valence-electron chi connectivity index (χ2n) is 7.17. The summed E-state index contributed by atoms with van der Waals surface area (Å²) in [6.07, 6.45) is 2.81. The van der Waals surface area contributed by atoms with E-state index < -0.39 is 5.56 Å². The van der Waals surface area contributed by atoms with Crippen LogP contribution in [0.25, 0.3) is 5.69 Å². The second-order valence-corrected chi connectivity index (χ2v) is 7.98. The number of hydrogen-bond acceptors (Lipinski definition) is 4. The maximum Gasteiger partial charge on any atom is 0.292 e. The monoisotopic (exact) mass is 445 g/mol. The van der Waals surface area contributed by atoms with Gasteiger partial charge in [-0.2, -0.15) is 9.78 Å². The number of nitrogens with zero attached hydrogens (tertiary/aromatic N) is 3. The Bertz CT molecular complexity index is 1120. The lowest BCUT2D eigenvalue weighted by Gasteiger charge is -2.33. The number of anilines is 1. The van der Waals surface area contributed by atoms with Crippen LogP contribution in [0.15, 0.2) is 59.5 Å². The zero-order valence-electron chi connectivity index (χ0n) is 15.9. The first-order chi connectivity index (χ1) is 14.4. The van der Waals surface area contributed by atoms with Crippen LogP contribution in [-0.2, 0) is 0 Å². The van der Waals surface area contributed by atoms with Gasteiger partial charge < -0.3 is 4.90 Å². The zero-order valence-corrected chi connectivity index (χ0v) is 17.4. The van der Waals surface area contributed by atoms with E-state index in [9.17, 15) is 14.0 Å². The van der Waals surface area contributed by atoms with Crippen LogP contribution < -0.4 is 10.5 Å². The molecule has 0 unspecified atom stereocenters. The molecule has 0 spiro atoms. The number of benzene rings is 2. The topological polar surface area (TPSA) is 55.2 Å². The lowest BCUT2D eigenvalue weighted by atomic mass is 9.89. The molecule has 0 amide bonds. The molecule has 0 N–H and O–H groups in total. The van der Waals surface area contributed by atoms with Crippen molar-refractivity contribution in [3.63, 3.8) is 0 Å². The molecule has 30 heavy (non-hydrogen) atoms. The Labute approximate surface area is 182 Å². The Morgan fingerprint density at radius 3 is 2.27 bits per heavy atom. The van der Waals surface area contributed by atoms with Gasteiger partial charge in [-0.25, -0.2) is 4.39 Å². The van der Waals surface area contributed by atoms with Crippen LogP contribution in [0.2, 0.25) is 10.0 Å². The van der Waals surface area contributed by atoms with E-state index in [1.807, 2.05) is 4.90 Å². The molecule has 1 aliphatic rings. The van der Waals surface area contributed by atoms with Gasteiger partial charge in [-0.05, 0) is 61.4 Å². The average molecular weight is 446 g/mol. The molecule has 2 heterocycles. The third kappa shape index (κ3) is 4.11. The lowest BCUT2D eigenvalue weighted by molar-refractivity contribution is 0.0900. The molecule has 0 radical (unpaired) electrons. The molecule has 4 rings (SSSR count). The highest BCUT2D eigenvalue weighted by molar-refractivity contribution is 6.33. The molecule has 1 aliphatic heterocycles. The molecule has 0 bridgehead atoms. The van der Waals surface area contributed by atoms with Crippen molar-refractivity contribution in [3.8, 4) is 5.69 Å². The highest BCUT2D eigenvalue weighted by atomic mass is 35.5. The molecule has 0 aliphatic carbocycles. The number of piperidine rings is 1. The van der Waals surface area contributed by atoms with E-state index in [0.717, 1.165) is 0 Å². The molecule has 8 heteroatoms. The minimum absolute atomic E-state index is 0.0111. The Balaban J connectivity index is 1.49. The fraction of sp³-hybridized carbons (Fsp3) is 0.227. The van der Waals surface area contributed by atoms with Gasteiger partial charge in [-0.15, -0.1) is 0 Å². The van der Waals surface area contributed by atoms with E-state index >= 15 is 0 Å². The number of rotatable bonds is 4. The normalized spacial score (nSPS) is 14.7. The summed E-state index contributed by atoms with van der Waals surface area (Å²) in [5.41, 5.74) is 1.22. The highest BCUT2D eigenvalue weighted by Crippen LogP contribution is 2.29. The maximum absolute atomic E-state index is 13.1. The Hall–Kier alpha value is -2.70. The van der Waals surface area contributed by atoms with E-state index in [2.05, 4.69) is 5.10 Å². The van der Waals surface area contributed by atoms with Crippen LogP contribution in [0, 0.1) is 11.7 Å². The highest BCUT2D eigenvalue weighted by Gasteiger charge is 2.27. The summed E-state index contributed by atoms with van der Waals surface area (Å²) in [6, 6.07) is 12.4. The molecule has 1 fully saturated rings. The summed E-state index contributed by atoms with van der Waals surface area (Å²) in [4.78, 5) is 27.4. The molecule has 0 atom stereocenters. The van der Waals surface area contributed by atoms with Crippen molar-refractivity contribution in [2.75, 3.05) is 18.0 Å². The Morgan fingerprint density at radius 1 is 1.00 bits per heavy atom. The van der Waals surface area contributed by atoms with Gasteiger partial charge in [0, 0.05) is 29.6 Å². The fourth-order valence-corrected chi connectivity index (χ4v) is 4.02.